The van der Waals surface area contributed by atoms with Gasteiger partial charge in [-0.2, -0.15) is 0 Å². The first-order valence-corrected chi connectivity index (χ1v) is 28.7. The van der Waals surface area contributed by atoms with Gasteiger partial charge in [-0.3, -0.25) is 0 Å². The van der Waals surface area contributed by atoms with Gasteiger partial charge in [0, 0.05) is 22.3 Å². The molecular weight excluding hydrogens is 1060 g/mol. The summed E-state index contributed by atoms with van der Waals surface area (Å²) in [5, 5.41) is 42.9. The topological polar surface area (TPSA) is 149 Å². The monoisotopic (exact) mass is 1120 g/mol. The molecule has 0 saturated carbocycles. The molecule has 0 heterocycles. The largest absolute Gasteiger partial charge is 0.478 e. The molecule has 8 heteroatoms. The number of carboxylic acid groups (broad SMARTS) is 4. The van der Waals surface area contributed by atoms with E-state index in [-0.39, 0.29) is 45.9 Å². The van der Waals surface area contributed by atoms with E-state index in [2.05, 4.69) is 103 Å². The minimum atomic E-state index is -1.59. The molecule has 0 aromatic heterocycles. The van der Waals surface area contributed by atoms with Gasteiger partial charge in [0.05, 0.1) is 22.3 Å². The molecule has 0 fully saturated rings. The van der Waals surface area contributed by atoms with Gasteiger partial charge in [-0.25, -0.2) is 19.2 Å². The Kier molecular flexibility index (Phi) is 15.0. The van der Waals surface area contributed by atoms with Crippen LogP contribution in [0.2, 0.25) is 0 Å². The smallest absolute Gasteiger partial charge is 0.336 e. The second-order valence-corrected chi connectivity index (χ2v) is 23.3. The first-order valence-electron chi connectivity index (χ1n) is 28.7. The van der Waals surface area contributed by atoms with Crippen molar-refractivity contribution in [2.75, 3.05) is 0 Å². The second kappa shape index (κ2) is 22.5. The zero-order valence-electron chi connectivity index (χ0n) is 48.9. The van der Waals surface area contributed by atoms with Gasteiger partial charge in [-0.05, 0) is 161 Å². The van der Waals surface area contributed by atoms with Crippen LogP contribution in [-0.4, -0.2) is 44.3 Å². The van der Waals surface area contributed by atoms with Gasteiger partial charge in [-0.1, -0.05) is 224 Å². The van der Waals surface area contributed by atoms with Gasteiger partial charge in [0.15, 0.2) is 0 Å². The van der Waals surface area contributed by atoms with Crippen LogP contribution in [0, 0.1) is 47.4 Å². The van der Waals surface area contributed by atoms with Crippen LogP contribution in [-0.2, 0) is 10.8 Å². The van der Waals surface area contributed by atoms with Crippen molar-refractivity contribution < 1.29 is 39.6 Å². The summed E-state index contributed by atoms with van der Waals surface area (Å²) in [5.74, 6) is 24.6. The van der Waals surface area contributed by atoms with Crippen LogP contribution in [0.1, 0.15) is 187 Å². The second-order valence-electron chi connectivity index (χ2n) is 23.3. The van der Waals surface area contributed by atoms with Gasteiger partial charge in [0.2, 0.25) is 0 Å². The fourth-order valence-electron chi connectivity index (χ4n) is 11.9. The lowest BCUT2D eigenvalue weighted by atomic mass is 9.58. The summed E-state index contributed by atoms with van der Waals surface area (Å²) in [7, 11) is 0. The first-order chi connectivity index (χ1) is 41.2. The third-order valence-electron chi connectivity index (χ3n) is 16.7. The van der Waals surface area contributed by atoms with E-state index in [1.807, 2.05) is 146 Å². The molecule has 420 valence electrons. The van der Waals surface area contributed by atoms with E-state index in [1.165, 1.54) is 0 Å². The molecule has 9 aliphatic rings. The van der Waals surface area contributed by atoms with Crippen molar-refractivity contribution in [2.45, 2.75) is 89.9 Å². The molecule has 0 saturated heterocycles. The normalized spacial score (nSPS) is 12.8. The fraction of sp³-hybridized carbons (Fsp3) is 0.179. The van der Waals surface area contributed by atoms with E-state index in [0.29, 0.717) is 89.0 Å². The third kappa shape index (κ3) is 10.1. The first kappa shape index (κ1) is 57.2. The van der Waals surface area contributed by atoms with Gasteiger partial charge in [0.1, 0.15) is 10.8 Å². The molecular formula is C78H60O8. The van der Waals surface area contributed by atoms with Gasteiger partial charge >= 0.3 is 23.9 Å². The molecule has 0 radical (unpaired) electrons. The van der Waals surface area contributed by atoms with Crippen LogP contribution in [0.4, 0.5) is 0 Å². The standard InChI is InChI=1S/C78H60O8/c1-45(2)49-17-13-21-57-53(41-65(73(79)80)61(57)37-49)29-33-77(34-30-54-42-66(74(81)82)62-38-50(46(3)4)18-14-22-58(54)62)69-25-9-11-27-71(69)78(72-28-12-10-26-70(72)77,35-31-55-43-67(75(83)84)63-39-51(47(5)6)19-15-23-59(55)63)36-32-56-44-68(76(85)86)64-40-52(48(7)8)20-16-24-60(56)64/h9-28,37-48H,1-8H3,(H,79,80)(H,81,82)(H,83,84)(H,85,86). The van der Waals surface area contributed by atoms with Crippen molar-refractivity contribution >= 4 is 23.9 Å². The van der Waals surface area contributed by atoms with Gasteiger partial charge in [-0.15, -0.1) is 0 Å². The molecule has 8 nitrogen and oxygen atoms in total. The molecule has 2 aromatic carbocycles. The van der Waals surface area contributed by atoms with Crippen LogP contribution < -0.4 is 0 Å². The van der Waals surface area contributed by atoms with Crippen molar-refractivity contribution in [3.05, 3.63) is 259 Å². The Morgan fingerprint density at radius 3 is 0.686 bits per heavy atom. The number of aromatic carboxylic acids is 4. The van der Waals surface area contributed by atoms with Crippen molar-refractivity contribution in [1.82, 2.24) is 0 Å². The Morgan fingerprint density at radius 2 is 0.500 bits per heavy atom. The summed E-state index contributed by atoms with van der Waals surface area (Å²) < 4.78 is 0. The molecule has 0 unspecified atom stereocenters. The molecule has 11 rings (SSSR count). The minimum absolute atomic E-state index is 0.0925. The van der Waals surface area contributed by atoms with Crippen molar-refractivity contribution in [1.29, 1.82) is 0 Å². The average molecular weight is 1130 g/mol. The Morgan fingerprint density at radius 1 is 0.291 bits per heavy atom. The molecule has 9 aliphatic carbocycles. The summed E-state index contributed by atoms with van der Waals surface area (Å²) in [4.78, 5) is 52.5. The summed E-state index contributed by atoms with van der Waals surface area (Å²) in [6, 6.07) is 52.3. The molecule has 86 heavy (non-hydrogen) atoms. The van der Waals surface area contributed by atoms with E-state index in [0.717, 1.165) is 22.3 Å². The lowest BCUT2D eigenvalue weighted by Crippen LogP contribution is -2.40. The number of benzene rings is 2. The van der Waals surface area contributed by atoms with E-state index in [4.69, 9.17) is 0 Å². The highest BCUT2D eigenvalue weighted by molar-refractivity contribution is 6.03. The van der Waals surface area contributed by atoms with Gasteiger partial charge in [0.25, 0.3) is 0 Å². The Balaban J connectivity index is 1.25. The van der Waals surface area contributed by atoms with Crippen LogP contribution in [0.15, 0.2) is 170 Å². The van der Waals surface area contributed by atoms with Crippen molar-refractivity contribution in [2.24, 2.45) is 0 Å². The lowest BCUT2D eigenvalue weighted by molar-refractivity contribution is 0.0687. The number of carboxylic acids is 4. The van der Waals surface area contributed by atoms with Crippen molar-refractivity contribution in [3.63, 3.8) is 0 Å². The van der Waals surface area contributed by atoms with Crippen LogP contribution >= 0.6 is 0 Å². The molecule has 0 aliphatic heterocycles. The van der Waals surface area contributed by atoms with E-state index >= 15 is 0 Å². The summed E-state index contributed by atoms with van der Waals surface area (Å²) in [5.41, 5.74) is 9.73. The fourth-order valence-corrected chi connectivity index (χ4v) is 11.9. The summed E-state index contributed by atoms with van der Waals surface area (Å²) in [6.45, 7) is 16.4. The Bertz CT molecular complexity index is 4010. The van der Waals surface area contributed by atoms with E-state index in [1.54, 1.807) is 24.3 Å². The highest BCUT2D eigenvalue weighted by atomic mass is 16.4. The number of fused-ring (bicyclic) bond motifs is 6. The van der Waals surface area contributed by atoms with Crippen LogP contribution in [0.5, 0.6) is 0 Å². The SMILES string of the molecule is CC(C)c1cccc2c(C#CC3(C#Cc4cc(C(=O)O)c5cc(C(C)C)cccc4-5)c4ccccc4C(C#Cc4cc(C(=O)O)c5cc(C(C)C)cccc4-5)(C#Cc4cc(C(=O)O)c5cc(C(C)C)cccc4-5)c4ccccc43)cc(C(=O)O)c-2c1. The maximum Gasteiger partial charge on any atom is 0.336 e. The quantitative estimate of drug-likeness (QED) is 0.110. The van der Waals surface area contributed by atoms with Crippen molar-refractivity contribution in [3.8, 4) is 91.9 Å². The molecule has 0 amide bonds. The number of hydrogen-bond acceptors (Lipinski definition) is 4. The minimum Gasteiger partial charge on any atom is -0.478 e. The van der Waals surface area contributed by atoms with Gasteiger partial charge < -0.3 is 20.4 Å². The molecule has 2 aromatic rings. The zero-order chi connectivity index (χ0) is 60.9. The highest BCUT2D eigenvalue weighted by Crippen LogP contribution is 2.51. The lowest BCUT2D eigenvalue weighted by Gasteiger charge is -2.41. The summed E-state index contributed by atoms with van der Waals surface area (Å²) in [6.07, 6.45) is 0. The summed E-state index contributed by atoms with van der Waals surface area (Å²) >= 11 is 0. The third-order valence-corrected chi connectivity index (χ3v) is 16.7. The predicted octanol–water partition coefficient (Wildman–Crippen LogP) is 16.5. The Hall–Kier alpha value is -10.6. The molecule has 0 bridgehead atoms. The van der Waals surface area contributed by atoms with Crippen LogP contribution in [0.25, 0.3) is 44.5 Å². The predicted molar refractivity (Wildman–Crippen MR) is 338 cm³/mol. The molecule has 0 spiro atoms. The maximum atomic E-state index is 13.1. The maximum absolute atomic E-state index is 13.1. The van der Waals surface area contributed by atoms with E-state index in [9.17, 15) is 39.6 Å². The molecule has 0 atom stereocenters. The number of hydrogen-bond donors (Lipinski definition) is 4. The van der Waals surface area contributed by atoms with E-state index < -0.39 is 34.7 Å². The molecule has 4 N–H and O–H groups in total. The average Bonchev–Trinajstić information content (AvgIpc) is 0.988. The Labute approximate surface area is 501 Å². The zero-order valence-corrected chi connectivity index (χ0v) is 48.9. The number of rotatable bonds is 8. The highest BCUT2D eigenvalue weighted by Gasteiger charge is 2.49. The van der Waals surface area contributed by atoms with Crippen LogP contribution in [0.3, 0.4) is 0 Å². The number of carbonyl (C=O) groups is 4.